The van der Waals surface area contributed by atoms with Gasteiger partial charge in [0.15, 0.2) is 0 Å². The highest BCUT2D eigenvalue weighted by molar-refractivity contribution is 7.99. The molecule has 110 valence electrons. The minimum absolute atomic E-state index is 0.131. The maximum Gasteiger partial charge on any atom is 0.221 e. The second-order valence-electron chi connectivity index (χ2n) is 5.48. The van der Waals surface area contributed by atoms with Crippen LogP contribution in [-0.2, 0) is 4.79 Å². The molecule has 0 bridgehead atoms. The van der Waals surface area contributed by atoms with E-state index in [1.54, 1.807) is 11.8 Å². The van der Waals surface area contributed by atoms with E-state index < -0.39 is 0 Å². The lowest BCUT2D eigenvalue weighted by molar-refractivity contribution is -0.121. The minimum atomic E-state index is -0.166. The smallest absolute Gasteiger partial charge is 0.221 e. The van der Waals surface area contributed by atoms with Gasteiger partial charge in [-0.25, -0.2) is 0 Å². The van der Waals surface area contributed by atoms with Gasteiger partial charge >= 0.3 is 0 Å². The van der Waals surface area contributed by atoms with E-state index in [0.29, 0.717) is 6.42 Å². The minimum Gasteiger partial charge on any atom is -0.393 e. The molecule has 0 atom stereocenters. The van der Waals surface area contributed by atoms with Gasteiger partial charge in [-0.3, -0.25) is 4.79 Å². The highest BCUT2D eigenvalue weighted by Gasteiger charge is 2.20. The normalized spacial score (nSPS) is 22.5. The van der Waals surface area contributed by atoms with Gasteiger partial charge in [0.1, 0.15) is 0 Å². The summed E-state index contributed by atoms with van der Waals surface area (Å²) in [4.78, 5) is 13.1. The number of aryl methyl sites for hydroxylation is 1. The van der Waals surface area contributed by atoms with Gasteiger partial charge in [-0.1, -0.05) is 17.7 Å². The summed E-state index contributed by atoms with van der Waals surface area (Å²) < 4.78 is 0. The summed E-state index contributed by atoms with van der Waals surface area (Å²) in [7, 11) is 0. The van der Waals surface area contributed by atoms with Crippen molar-refractivity contribution in [1.29, 1.82) is 0 Å². The van der Waals surface area contributed by atoms with E-state index in [9.17, 15) is 9.90 Å². The third-order valence-electron chi connectivity index (χ3n) is 3.68. The lowest BCUT2D eigenvalue weighted by Crippen LogP contribution is -2.38. The first-order chi connectivity index (χ1) is 9.63. The maximum atomic E-state index is 11.9. The predicted octanol–water partition coefficient (Wildman–Crippen LogP) is 2.90. The number of aliphatic hydroxyl groups is 1. The molecule has 20 heavy (non-hydrogen) atoms. The van der Waals surface area contributed by atoms with Crippen molar-refractivity contribution in [1.82, 2.24) is 5.32 Å². The molecule has 1 aromatic rings. The molecule has 0 saturated heterocycles. The molecular weight excluding hydrogens is 270 g/mol. The molecule has 1 saturated carbocycles. The van der Waals surface area contributed by atoms with Crippen molar-refractivity contribution in [3.05, 3.63) is 29.8 Å². The predicted molar refractivity (Wildman–Crippen MR) is 82.9 cm³/mol. The lowest BCUT2D eigenvalue weighted by Gasteiger charge is -2.26. The van der Waals surface area contributed by atoms with Gasteiger partial charge in [0, 0.05) is 23.1 Å². The van der Waals surface area contributed by atoms with Crippen molar-refractivity contribution in [2.45, 2.75) is 56.1 Å². The number of aliphatic hydroxyl groups excluding tert-OH is 1. The fourth-order valence-corrected chi connectivity index (χ4v) is 3.27. The van der Waals surface area contributed by atoms with Crippen LogP contribution in [0.5, 0.6) is 0 Å². The van der Waals surface area contributed by atoms with Gasteiger partial charge in [0.25, 0.3) is 0 Å². The van der Waals surface area contributed by atoms with Gasteiger partial charge < -0.3 is 10.4 Å². The van der Waals surface area contributed by atoms with Gasteiger partial charge in [0.2, 0.25) is 5.91 Å². The molecule has 1 aliphatic carbocycles. The Labute approximate surface area is 125 Å². The molecule has 1 fully saturated rings. The maximum absolute atomic E-state index is 11.9. The summed E-state index contributed by atoms with van der Waals surface area (Å²) in [6.07, 6.45) is 3.81. The quantitative estimate of drug-likeness (QED) is 0.821. The van der Waals surface area contributed by atoms with E-state index in [1.165, 1.54) is 10.5 Å². The van der Waals surface area contributed by atoms with Gasteiger partial charge in [-0.2, -0.15) is 0 Å². The summed E-state index contributed by atoms with van der Waals surface area (Å²) in [6.45, 7) is 2.07. The fourth-order valence-electron chi connectivity index (χ4n) is 2.42. The van der Waals surface area contributed by atoms with Crippen LogP contribution in [0.4, 0.5) is 0 Å². The van der Waals surface area contributed by atoms with Crippen molar-refractivity contribution in [3.8, 4) is 0 Å². The highest BCUT2D eigenvalue weighted by atomic mass is 32.2. The number of carbonyl (C=O) groups excluding carboxylic acids is 1. The number of amides is 1. The Morgan fingerprint density at radius 2 is 1.90 bits per heavy atom. The highest BCUT2D eigenvalue weighted by Crippen LogP contribution is 2.20. The number of nitrogens with one attached hydrogen (secondary N) is 1. The molecular formula is C16H23NO2S. The van der Waals surface area contributed by atoms with Gasteiger partial charge in [0.05, 0.1) is 6.10 Å². The second kappa shape index (κ2) is 7.70. The number of rotatable bonds is 5. The topological polar surface area (TPSA) is 49.3 Å². The number of benzene rings is 1. The second-order valence-corrected chi connectivity index (χ2v) is 6.65. The lowest BCUT2D eigenvalue weighted by atomic mass is 9.93. The van der Waals surface area contributed by atoms with Crippen LogP contribution in [0.25, 0.3) is 0 Å². The van der Waals surface area contributed by atoms with Crippen LogP contribution in [0.1, 0.15) is 37.7 Å². The summed E-state index contributed by atoms with van der Waals surface area (Å²) in [5, 5.41) is 12.5. The Kier molecular flexibility index (Phi) is 5.92. The Hall–Kier alpha value is -1.00. The Morgan fingerprint density at radius 1 is 1.25 bits per heavy atom. The van der Waals surface area contributed by atoms with Crippen LogP contribution >= 0.6 is 11.8 Å². The van der Waals surface area contributed by atoms with Crippen molar-refractivity contribution < 1.29 is 9.90 Å². The van der Waals surface area contributed by atoms with Crippen LogP contribution in [0, 0.1) is 6.92 Å². The van der Waals surface area contributed by atoms with Crippen LogP contribution in [0.2, 0.25) is 0 Å². The third-order valence-corrected chi connectivity index (χ3v) is 4.69. The molecule has 0 unspecified atom stereocenters. The SMILES string of the molecule is Cc1ccc(SCCC(=O)NC2CCC(O)CC2)cc1. The zero-order valence-electron chi connectivity index (χ0n) is 12.0. The first-order valence-electron chi connectivity index (χ1n) is 7.30. The Bertz CT molecular complexity index is 425. The van der Waals surface area contributed by atoms with E-state index in [4.69, 9.17) is 0 Å². The molecule has 4 heteroatoms. The van der Waals surface area contributed by atoms with Gasteiger partial charge in [-0.05, 0) is 44.7 Å². The van der Waals surface area contributed by atoms with Crippen LogP contribution in [0.15, 0.2) is 29.2 Å². The molecule has 2 rings (SSSR count). The molecule has 0 radical (unpaired) electrons. The number of hydrogen-bond acceptors (Lipinski definition) is 3. The van der Waals surface area contributed by atoms with E-state index in [1.807, 2.05) is 0 Å². The molecule has 0 heterocycles. The zero-order chi connectivity index (χ0) is 14.4. The van der Waals surface area contributed by atoms with Gasteiger partial charge in [-0.15, -0.1) is 11.8 Å². The molecule has 0 spiro atoms. The molecule has 0 aliphatic heterocycles. The van der Waals surface area contributed by atoms with Crippen LogP contribution < -0.4 is 5.32 Å². The van der Waals surface area contributed by atoms with E-state index in [2.05, 4.69) is 36.5 Å². The van der Waals surface area contributed by atoms with Crippen LogP contribution in [0.3, 0.4) is 0 Å². The standard InChI is InChI=1S/C16H23NO2S/c1-12-2-8-15(9-3-12)20-11-10-16(19)17-13-4-6-14(18)7-5-13/h2-3,8-9,13-14,18H,4-7,10-11H2,1H3,(H,17,19). The first-order valence-corrected chi connectivity index (χ1v) is 8.29. The molecule has 3 nitrogen and oxygen atoms in total. The average molecular weight is 293 g/mol. The monoisotopic (exact) mass is 293 g/mol. The first kappa shape index (κ1) is 15.4. The number of carbonyl (C=O) groups is 1. The number of thioether (sulfide) groups is 1. The molecule has 1 aliphatic rings. The van der Waals surface area contributed by atoms with Crippen molar-refractivity contribution >= 4 is 17.7 Å². The summed E-state index contributed by atoms with van der Waals surface area (Å²) >= 11 is 1.72. The Morgan fingerprint density at radius 3 is 2.55 bits per heavy atom. The van der Waals surface area contributed by atoms with Crippen molar-refractivity contribution in [3.63, 3.8) is 0 Å². The van der Waals surface area contributed by atoms with Crippen LogP contribution in [-0.4, -0.2) is 28.9 Å². The molecule has 0 aromatic heterocycles. The molecule has 1 amide bonds. The molecule has 2 N–H and O–H groups in total. The Balaban J connectivity index is 1.64. The third kappa shape index (κ3) is 5.17. The molecule has 1 aromatic carbocycles. The van der Waals surface area contributed by atoms with E-state index in [-0.39, 0.29) is 18.1 Å². The van der Waals surface area contributed by atoms with Crippen molar-refractivity contribution in [2.24, 2.45) is 0 Å². The fraction of sp³-hybridized carbons (Fsp3) is 0.562. The van der Waals surface area contributed by atoms with E-state index >= 15 is 0 Å². The van der Waals surface area contributed by atoms with E-state index in [0.717, 1.165) is 31.4 Å². The zero-order valence-corrected chi connectivity index (χ0v) is 12.8. The largest absolute Gasteiger partial charge is 0.393 e. The summed E-state index contributed by atoms with van der Waals surface area (Å²) in [5.74, 6) is 0.940. The van der Waals surface area contributed by atoms with Crippen molar-refractivity contribution in [2.75, 3.05) is 5.75 Å². The average Bonchev–Trinajstić information content (AvgIpc) is 2.44. The number of hydrogen-bond donors (Lipinski definition) is 2. The summed E-state index contributed by atoms with van der Waals surface area (Å²) in [5.41, 5.74) is 1.26. The summed E-state index contributed by atoms with van der Waals surface area (Å²) in [6, 6.07) is 8.64.